The minimum atomic E-state index is -0.667. The summed E-state index contributed by atoms with van der Waals surface area (Å²) in [4.78, 5) is 20.4. The summed E-state index contributed by atoms with van der Waals surface area (Å²) in [7, 11) is 0. The number of nitrogens with zero attached hydrogens (tertiary/aromatic N) is 2. The third-order valence-corrected chi connectivity index (χ3v) is 3.06. The summed E-state index contributed by atoms with van der Waals surface area (Å²) in [5.41, 5.74) is 1.23. The van der Waals surface area contributed by atoms with E-state index in [1.807, 2.05) is 30.3 Å². The van der Waals surface area contributed by atoms with Gasteiger partial charge in [0.2, 0.25) is 0 Å². The fourth-order valence-electron chi connectivity index (χ4n) is 1.91. The Balaban J connectivity index is 2.17. The van der Waals surface area contributed by atoms with Crippen LogP contribution in [-0.4, -0.2) is 16.4 Å². The first-order chi connectivity index (χ1) is 10.5. The Labute approximate surface area is 126 Å². The smallest absolute Gasteiger partial charge is 0.299 e. The first-order valence-corrected chi connectivity index (χ1v) is 6.39. The number of rotatable bonds is 6. The van der Waals surface area contributed by atoms with Crippen molar-refractivity contribution >= 4 is 22.6 Å². The molecule has 2 rings (SSSR count). The quantitative estimate of drug-likeness (QED) is 0.648. The van der Waals surface area contributed by atoms with E-state index in [9.17, 15) is 20.2 Å². The maximum absolute atomic E-state index is 11.0. The van der Waals surface area contributed by atoms with Crippen LogP contribution < -0.4 is 5.32 Å². The molecule has 0 heterocycles. The summed E-state index contributed by atoms with van der Waals surface area (Å²) >= 11 is 0. The van der Waals surface area contributed by atoms with Crippen LogP contribution in [0.3, 0.4) is 0 Å². The Bertz CT molecular complexity index is 729. The zero-order valence-electron chi connectivity index (χ0n) is 11.6. The summed E-state index contributed by atoms with van der Waals surface area (Å²) in [6.07, 6.45) is 0. The summed E-state index contributed by atoms with van der Waals surface area (Å²) in [5, 5.41) is 24.6. The van der Waals surface area contributed by atoms with Gasteiger partial charge in [-0.15, -0.1) is 0 Å². The van der Waals surface area contributed by atoms with Crippen molar-refractivity contribution in [1.82, 2.24) is 0 Å². The standard InChI is InChI=1S/C15H13N3O4/c1-11(12-5-3-2-4-6-12)10-16-14-8-7-13(17(19)20)9-15(14)18(21)22/h2-9,16H,1,10H2. The largest absolute Gasteiger partial charge is 0.375 e. The van der Waals surface area contributed by atoms with Crippen LogP contribution in [0.5, 0.6) is 0 Å². The van der Waals surface area contributed by atoms with E-state index >= 15 is 0 Å². The summed E-state index contributed by atoms with van der Waals surface area (Å²) in [6.45, 7) is 4.21. The molecular formula is C15H13N3O4. The van der Waals surface area contributed by atoms with E-state index in [4.69, 9.17) is 0 Å². The van der Waals surface area contributed by atoms with E-state index in [1.165, 1.54) is 12.1 Å². The Morgan fingerprint density at radius 1 is 1.05 bits per heavy atom. The second kappa shape index (κ2) is 6.49. The molecular weight excluding hydrogens is 286 g/mol. The van der Waals surface area contributed by atoms with Crippen LogP contribution in [0.4, 0.5) is 17.1 Å². The SMILES string of the molecule is C=C(CNc1ccc([N+](=O)[O-])cc1[N+](=O)[O-])c1ccccc1. The topological polar surface area (TPSA) is 98.3 Å². The Kier molecular flexibility index (Phi) is 4.47. The van der Waals surface area contributed by atoms with Gasteiger partial charge in [-0.1, -0.05) is 36.9 Å². The molecule has 1 N–H and O–H groups in total. The predicted octanol–water partition coefficient (Wildman–Crippen LogP) is 3.63. The maximum atomic E-state index is 11.0. The van der Waals surface area contributed by atoms with E-state index in [1.54, 1.807) is 0 Å². The number of non-ortho nitro benzene ring substituents is 1. The minimum absolute atomic E-state index is 0.215. The lowest BCUT2D eigenvalue weighted by Gasteiger charge is -2.09. The average Bonchev–Trinajstić information content (AvgIpc) is 2.53. The van der Waals surface area contributed by atoms with Gasteiger partial charge >= 0.3 is 0 Å². The molecule has 0 unspecified atom stereocenters. The zero-order chi connectivity index (χ0) is 16.1. The predicted molar refractivity (Wildman–Crippen MR) is 83.7 cm³/mol. The summed E-state index contributed by atoms with van der Waals surface area (Å²) < 4.78 is 0. The van der Waals surface area contributed by atoms with Crippen molar-refractivity contribution in [3.05, 3.63) is 80.9 Å². The monoisotopic (exact) mass is 299 g/mol. The molecule has 0 radical (unpaired) electrons. The molecule has 7 nitrogen and oxygen atoms in total. The highest BCUT2D eigenvalue weighted by atomic mass is 16.6. The highest BCUT2D eigenvalue weighted by molar-refractivity contribution is 5.71. The molecule has 22 heavy (non-hydrogen) atoms. The van der Waals surface area contributed by atoms with Gasteiger partial charge in [0.25, 0.3) is 11.4 Å². The second-order valence-electron chi connectivity index (χ2n) is 4.54. The van der Waals surface area contributed by atoms with Gasteiger partial charge in [0, 0.05) is 12.6 Å². The van der Waals surface area contributed by atoms with Gasteiger partial charge in [0.1, 0.15) is 5.69 Å². The molecule has 0 aliphatic heterocycles. The molecule has 112 valence electrons. The molecule has 0 atom stereocenters. The van der Waals surface area contributed by atoms with Crippen LogP contribution in [0.1, 0.15) is 5.56 Å². The molecule has 2 aromatic carbocycles. The fraction of sp³-hybridized carbons (Fsp3) is 0.0667. The van der Waals surface area contributed by atoms with E-state index in [0.717, 1.165) is 17.2 Å². The van der Waals surface area contributed by atoms with Crippen molar-refractivity contribution in [2.45, 2.75) is 0 Å². The van der Waals surface area contributed by atoms with Crippen LogP contribution in [0, 0.1) is 20.2 Å². The molecule has 0 amide bonds. The lowest BCUT2D eigenvalue weighted by atomic mass is 10.1. The molecule has 0 saturated heterocycles. The molecule has 0 aromatic heterocycles. The van der Waals surface area contributed by atoms with Crippen molar-refractivity contribution < 1.29 is 9.85 Å². The molecule has 0 aliphatic rings. The molecule has 7 heteroatoms. The van der Waals surface area contributed by atoms with E-state index in [2.05, 4.69) is 11.9 Å². The molecule has 0 fully saturated rings. The molecule has 0 saturated carbocycles. The Morgan fingerprint density at radius 3 is 2.32 bits per heavy atom. The first kappa shape index (κ1) is 15.2. The Morgan fingerprint density at radius 2 is 1.73 bits per heavy atom. The second-order valence-corrected chi connectivity index (χ2v) is 4.54. The van der Waals surface area contributed by atoms with Crippen molar-refractivity contribution in [2.24, 2.45) is 0 Å². The van der Waals surface area contributed by atoms with E-state index in [-0.39, 0.29) is 17.1 Å². The van der Waals surface area contributed by atoms with Gasteiger partial charge in [-0.3, -0.25) is 20.2 Å². The lowest BCUT2D eigenvalue weighted by Crippen LogP contribution is -2.06. The van der Waals surface area contributed by atoms with Crippen molar-refractivity contribution in [3.63, 3.8) is 0 Å². The summed E-state index contributed by atoms with van der Waals surface area (Å²) in [5.74, 6) is 0. The number of anilines is 1. The van der Waals surface area contributed by atoms with E-state index in [0.29, 0.717) is 6.54 Å². The third kappa shape index (κ3) is 3.45. The number of nitrogens with one attached hydrogen (secondary N) is 1. The van der Waals surface area contributed by atoms with E-state index < -0.39 is 9.85 Å². The van der Waals surface area contributed by atoms with Gasteiger partial charge < -0.3 is 5.32 Å². The molecule has 0 bridgehead atoms. The van der Waals surface area contributed by atoms with Crippen LogP contribution in [0.2, 0.25) is 0 Å². The number of benzene rings is 2. The van der Waals surface area contributed by atoms with Gasteiger partial charge in [0.15, 0.2) is 0 Å². The van der Waals surface area contributed by atoms with Gasteiger partial charge in [-0.05, 0) is 17.2 Å². The third-order valence-electron chi connectivity index (χ3n) is 3.06. The molecule has 2 aromatic rings. The normalized spacial score (nSPS) is 10.0. The van der Waals surface area contributed by atoms with Crippen molar-refractivity contribution in [1.29, 1.82) is 0 Å². The average molecular weight is 299 g/mol. The highest BCUT2D eigenvalue weighted by Crippen LogP contribution is 2.29. The van der Waals surface area contributed by atoms with Crippen LogP contribution in [0.15, 0.2) is 55.1 Å². The highest BCUT2D eigenvalue weighted by Gasteiger charge is 2.19. The molecule has 0 aliphatic carbocycles. The first-order valence-electron chi connectivity index (χ1n) is 6.39. The number of hydrogen-bond acceptors (Lipinski definition) is 5. The van der Waals surface area contributed by atoms with Crippen LogP contribution in [-0.2, 0) is 0 Å². The van der Waals surface area contributed by atoms with Crippen LogP contribution >= 0.6 is 0 Å². The molecule has 0 spiro atoms. The fourth-order valence-corrected chi connectivity index (χ4v) is 1.91. The van der Waals surface area contributed by atoms with Crippen molar-refractivity contribution in [2.75, 3.05) is 11.9 Å². The number of hydrogen-bond donors (Lipinski definition) is 1. The minimum Gasteiger partial charge on any atom is -0.375 e. The maximum Gasteiger partial charge on any atom is 0.299 e. The van der Waals surface area contributed by atoms with Gasteiger partial charge in [-0.2, -0.15) is 0 Å². The van der Waals surface area contributed by atoms with Crippen LogP contribution in [0.25, 0.3) is 5.57 Å². The number of nitro groups is 2. The lowest BCUT2D eigenvalue weighted by molar-refractivity contribution is -0.393. The zero-order valence-corrected chi connectivity index (χ0v) is 11.6. The summed E-state index contributed by atoms with van der Waals surface area (Å²) in [6, 6.07) is 12.9. The Hall–Kier alpha value is -3.22. The number of nitro benzene ring substituents is 2. The van der Waals surface area contributed by atoms with Gasteiger partial charge in [0.05, 0.1) is 15.9 Å². The van der Waals surface area contributed by atoms with Crippen molar-refractivity contribution in [3.8, 4) is 0 Å². The van der Waals surface area contributed by atoms with Gasteiger partial charge in [-0.25, -0.2) is 0 Å².